The fourth-order valence-corrected chi connectivity index (χ4v) is 3.61. The monoisotopic (exact) mass is 422 g/mol. The quantitative estimate of drug-likeness (QED) is 0.396. The third kappa shape index (κ3) is 7.29. The molecule has 4 rings (SSSR count). The highest BCUT2D eigenvalue weighted by molar-refractivity contribution is 7.45. The maximum atomic E-state index is 8.88. The first-order valence-corrected chi connectivity index (χ1v) is 11.3. The van der Waals surface area contributed by atoms with Crippen molar-refractivity contribution >= 4 is 18.7 Å². The number of rotatable bonds is 6. The molecule has 0 unspecified atom stereocenters. The average molecular weight is 422 g/mol. The summed E-state index contributed by atoms with van der Waals surface area (Å²) in [5.74, 6) is 0.560. The van der Waals surface area contributed by atoms with E-state index < -0.39 is 7.82 Å². The molecule has 3 N–H and O–H groups in total. The fourth-order valence-electron chi connectivity index (χ4n) is 3.61. The van der Waals surface area contributed by atoms with Crippen LogP contribution in [-0.4, -0.2) is 19.2 Å². The number of hydrogen-bond donors (Lipinski definition) is 3. The van der Waals surface area contributed by atoms with Crippen LogP contribution in [0.5, 0.6) is 0 Å². The molecule has 0 spiro atoms. The minimum atomic E-state index is -4.64. The van der Waals surface area contributed by atoms with Crippen molar-refractivity contribution in [2.45, 2.75) is 19.4 Å². The van der Waals surface area contributed by atoms with Gasteiger partial charge in [0.25, 0.3) is 0 Å². The largest absolute Gasteiger partial charge is 0.466 e. The van der Waals surface area contributed by atoms with Crippen LogP contribution >= 0.6 is 7.82 Å². The molecule has 0 bridgehead atoms. The Hall–Kier alpha value is -2.69. The van der Waals surface area contributed by atoms with E-state index in [9.17, 15) is 0 Å². The van der Waals surface area contributed by atoms with E-state index in [1.165, 1.54) is 22.0 Å². The lowest BCUT2D eigenvalue weighted by molar-refractivity contribution is 0.275. The van der Waals surface area contributed by atoms with Gasteiger partial charge < -0.3 is 19.2 Å². The highest BCUT2D eigenvalue weighted by Crippen LogP contribution is 2.26. The molecule has 0 aliphatic carbocycles. The molecule has 0 atom stereocenters. The maximum absolute atomic E-state index is 8.88. The molecule has 1 aromatic heterocycles. The van der Waals surface area contributed by atoms with E-state index >= 15 is 0 Å². The van der Waals surface area contributed by atoms with Crippen LogP contribution in [0.3, 0.4) is 0 Å². The van der Waals surface area contributed by atoms with Crippen LogP contribution < -0.4 is 0 Å². The number of benzene rings is 3. The third-order valence-electron chi connectivity index (χ3n) is 4.80. The number of fused-ring (bicyclic) bond motifs is 1. The number of nitrogens with zero attached hydrogens (tertiary/aromatic N) is 1. The SMILES string of the molecule is O=P(O)(O)O.[c]1ccc2c(c1)ccn2CC(Cc1ccccc1)Cc1ccccc1. The number of hydrogen-bond acceptors (Lipinski definition) is 1. The predicted molar refractivity (Wildman–Crippen MR) is 119 cm³/mol. The summed E-state index contributed by atoms with van der Waals surface area (Å²) in [5, 5.41) is 1.26. The predicted octanol–water partition coefficient (Wildman–Crippen LogP) is 4.61. The van der Waals surface area contributed by atoms with Gasteiger partial charge >= 0.3 is 7.82 Å². The van der Waals surface area contributed by atoms with Crippen LogP contribution in [0.15, 0.2) is 91.1 Å². The van der Waals surface area contributed by atoms with Crippen molar-refractivity contribution in [1.82, 2.24) is 4.57 Å². The first-order valence-electron chi connectivity index (χ1n) is 9.69. The summed E-state index contributed by atoms with van der Waals surface area (Å²) in [6.07, 6.45) is 4.39. The van der Waals surface area contributed by atoms with Crippen molar-refractivity contribution in [2.24, 2.45) is 5.92 Å². The van der Waals surface area contributed by atoms with Gasteiger partial charge in [0, 0.05) is 23.6 Å². The van der Waals surface area contributed by atoms with Gasteiger partial charge in [0.15, 0.2) is 0 Å². The zero-order chi connectivity index (χ0) is 21.4. The minimum absolute atomic E-state index is 0.560. The molecule has 6 heteroatoms. The van der Waals surface area contributed by atoms with Gasteiger partial charge in [-0.2, -0.15) is 0 Å². The summed E-state index contributed by atoms with van der Waals surface area (Å²) in [6, 6.07) is 33.3. The molecule has 0 amide bonds. The molecular weight excluding hydrogens is 397 g/mol. The summed E-state index contributed by atoms with van der Waals surface area (Å²) in [6.45, 7) is 1.03. The summed E-state index contributed by atoms with van der Waals surface area (Å²) in [4.78, 5) is 21.6. The van der Waals surface area contributed by atoms with E-state index in [2.05, 4.69) is 95.7 Å². The zero-order valence-corrected chi connectivity index (χ0v) is 17.4. The van der Waals surface area contributed by atoms with Crippen LogP contribution in [0.1, 0.15) is 11.1 Å². The first kappa shape index (κ1) is 22.0. The Kier molecular flexibility index (Phi) is 7.61. The highest BCUT2D eigenvalue weighted by Gasteiger charge is 2.13. The van der Waals surface area contributed by atoms with E-state index in [0.717, 1.165) is 19.4 Å². The van der Waals surface area contributed by atoms with Gasteiger partial charge in [-0.05, 0) is 54.2 Å². The van der Waals surface area contributed by atoms with Crippen molar-refractivity contribution in [3.05, 3.63) is 108 Å². The molecule has 3 aromatic carbocycles. The minimum Gasteiger partial charge on any atom is -0.347 e. The highest BCUT2D eigenvalue weighted by atomic mass is 31.2. The molecule has 5 nitrogen and oxygen atoms in total. The Balaban J connectivity index is 0.000000461. The summed E-state index contributed by atoms with van der Waals surface area (Å²) >= 11 is 0. The molecule has 30 heavy (non-hydrogen) atoms. The maximum Gasteiger partial charge on any atom is 0.466 e. The Labute approximate surface area is 176 Å². The molecule has 0 fully saturated rings. The molecule has 0 saturated heterocycles. The first-order chi connectivity index (χ1) is 14.4. The summed E-state index contributed by atoms with van der Waals surface area (Å²) in [7, 11) is -4.64. The lowest BCUT2D eigenvalue weighted by atomic mass is 9.92. The van der Waals surface area contributed by atoms with E-state index in [1.807, 2.05) is 6.07 Å². The Morgan fingerprint density at radius 3 is 1.90 bits per heavy atom. The van der Waals surface area contributed by atoms with Crippen LogP contribution in [0.4, 0.5) is 0 Å². The molecule has 4 aromatic rings. The Morgan fingerprint density at radius 2 is 1.37 bits per heavy atom. The number of aromatic nitrogens is 1. The number of phosphoric acid groups is 1. The lowest BCUT2D eigenvalue weighted by Crippen LogP contribution is -2.16. The van der Waals surface area contributed by atoms with Gasteiger partial charge in [-0.1, -0.05) is 66.7 Å². The second-order valence-electron chi connectivity index (χ2n) is 7.21. The molecule has 155 valence electrons. The second kappa shape index (κ2) is 10.4. The standard InChI is InChI=1S/C24H22N.H3O4P/c1-3-9-20(10-4-1)17-22(18-21-11-5-2-6-12-21)19-25-16-15-23-13-7-8-14-24(23)25;1-5(2,3)4/h1-6,8-16,22H,17-19H2;(H3,1,2,3,4). The third-order valence-corrected chi connectivity index (χ3v) is 4.80. The van der Waals surface area contributed by atoms with Crippen LogP contribution in [0.25, 0.3) is 10.9 Å². The topological polar surface area (TPSA) is 82.7 Å². The summed E-state index contributed by atoms with van der Waals surface area (Å²) < 4.78 is 11.3. The van der Waals surface area contributed by atoms with E-state index in [1.54, 1.807) is 0 Å². The van der Waals surface area contributed by atoms with E-state index in [4.69, 9.17) is 19.2 Å². The van der Waals surface area contributed by atoms with Crippen molar-refractivity contribution in [3.8, 4) is 0 Å². The lowest BCUT2D eigenvalue weighted by Gasteiger charge is -2.19. The van der Waals surface area contributed by atoms with Gasteiger partial charge in [-0.25, -0.2) is 4.57 Å². The molecular formula is C24H25NO4P. The molecule has 1 radical (unpaired) electrons. The van der Waals surface area contributed by atoms with Crippen LogP contribution in [0, 0.1) is 12.0 Å². The Bertz CT molecular complexity index is 1040. The molecule has 0 saturated carbocycles. The van der Waals surface area contributed by atoms with Crippen LogP contribution in [-0.2, 0) is 24.0 Å². The van der Waals surface area contributed by atoms with Gasteiger partial charge in [-0.15, -0.1) is 0 Å². The zero-order valence-electron chi connectivity index (χ0n) is 16.5. The fraction of sp³-hybridized carbons (Fsp3) is 0.167. The van der Waals surface area contributed by atoms with Crippen molar-refractivity contribution in [2.75, 3.05) is 0 Å². The van der Waals surface area contributed by atoms with Crippen molar-refractivity contribution in [3.63, 3.8) is 0 Å². The van der Waals surface area contributed by atoms with Crippen LogP contribution in [0.2, 0.25) is 0 Å². The second-order valence-corrected chi connectivity index (χ2v) is 8.24. The van der Waals surface area contributed by atoms with Gasteiger partial charge in [-0.3, -0.25) is 0 Å². The molecule has 0 aliphatic heterocycles. The van der Waals surface area contributed by atoms with Crippen molar-refractivity contribution < 1.29 is 19.2 Å². The molecule has 0 aliphatic rings. The van der Waals surface area contributed by atoms with E-state index in [-0.39, 0.29) is 0 Å². The summed E-state index contributed by atoms with van der Waals surface area (Å²) in [5.41, 5.74) is 4.12. The molecule has 1 heterocycles. The van der Waals surface area contributed by atoms with Gasteiger partial charge in [0.05, 0.1) is 0 Å². The normalized spacial score (nSPS) is 11.3. The smallest absolute Gasteiger partial charge is 0.347 e. The van der Waals surface area contributed by atoms with Gasteiger partial charge in [0.2, 0.25) is 0 Å². The van der Waals surface area contributed by atoms with Crippen molar-refractivity contribution in [1.29, 1.82) is 0 Å². The average Bonchev–Trinajstić information content (AvgIpc) is 3.11. The van der Waals surface area contributed by atoms with Gasteiger partial charge in [0.1, 0.15) is 0 Å². The van der Waals surface area contributed by atoms with E-state index in [0.29, 0.717) is 5.92 Å². The Morgan fingerprint density at radius 1 is 0.833 bits per heavy atom.